The number of para-hydroxylation sites is 1. The molecule has 100 valence electrons. The Morgan fingerprint density at radius 3 is 2.42 bits per heavy atom. The maximum Gasteiger partial charge on any atom is 0.304 e. The second-order valence-electron chi connectivity index (χ2n) is 4.55. The Kier molecular flexibility index (Phi) is 3.64. The number of hydrogen-bond acceptors (Lipinski definition) is 3. The molecule has 1 fully saturated rings. The topological polar surface area (TPSA) is 74.7 Å². The Balaban J connectivity index is 2.36. The summed E-state index contributed by atoms with van der Waals surface area (Å²) in [6.07, 6.45) is 0.247. The lowest BCUT2D eigenvalue weighted by atomic mass is 9.93. The van der Waals surface area contributed by atoms with Crippen molar-refractivity contribution in [1.29, 1.82) is 0 Å². The molecule has 1 aliphatic heterocycles. The van der Waals surface area contributed by atoms with E-state index < -0.39 is 23.6 Å². The highest BCUT2D eigenvalue weighted by Gasteiger charge is 2.47. The zero-order chi connectivity index (χ0) is 14.0. The number of nitrogens with zero attached hydrogens (tertiary/aromatic N) is 1. The van der Waals surface area contributed by atoms with Gasteiger partial charge in [-0.1, -0.05) is 25.1 Å². The molecule has 0 radical (unpaired) electrons. The number of Topliss-reactive ketones (excluding diaryl/α,β-unsaturated/α-hetero) is 1. The standard InChI is InChI=1S/C14H15NO4/c1-2-11-10(8-12(16)17)13(18)14(19)15(11)9-6-4-3-5-7-9/h3-7,10-11H,2,8H2,1H3,(H,16,17). The molecule has 0 bridgehead atoms. The van der Waals surface area contributed by atoms with Crippen LogP contribution in [-0.4, -0.2) is 28.8 Å². The number of carboxylic acids is 1. The fourth-order valence-corrected chi connectivity index (χ4v) is 2.56. The molecule has 0 aliphatic carbocycles. The van der Waals surface area contributed by atoms with E-state index in [9.17, 15) is 14.4 Å². The molecule has 1 aromatic rings. The van der Waals surface area contributed by atoms with E-state index in [1.807, 2.05) is 13.0 Å². The van der Waals surface area contributed by atoms with Gasteiger partial charge in [0.05, 0.1) is 12.3 Å². The van der Waals surface area contributed by atoms with Gasteiger partial charge in [0.15, 0.2) is 0 Å². The third kappa shape index (κ3) is 2.36. The van der Waals surface area contributed by atoms with E-state index >= 15 is 0 Å². The van der Waals surface area contributed by atoms with Crippen LogP contribution in [0.15, 0.2) is 30.3 Å². The summed E-state index contributed by atoms with van der Waals surface area (Å²) in [4.78, 5) is 36.2. The van der Waals surface area contributed by atoms with Crippen molar-refractivity contribution in [2.24, 2.45) is 5.92 Å². The fourth-order valence-electron chi connectivity index (χ4n) is 2.56. The maximum atomic E-state index is 12.1. The predicted octanol–water partition coefficient (Wildman–Crippen LogP) is 1.47. The van der Waals surface area contributed by atoms with E-state index in [4.69, 9.17) is 5.11 Å². The van der Waals surface area contributed by atoms with E-state index in [0.717, 1.165) is 0 Å². The summed E-state index contributed by atoms with van der Waals surface area (Å²) in [6.45, 7) is 1.85. The van der Waals surface area contributed by atoms with Crippen LogP contribution >= 0.6 is 0 Å². The van der Waals surface area contributed by atoms with Crippen LogP contribution in [0.2, 0.25) is 0 Å². The number of rotatable bonds is 4. The molecular formula is C14H15NO4. The number of carbonyl (C=O) groups excluding carboxylic acids is 2. The van der Waals surface area contributed by atoms with Gasteiger partial charge in [0.1, 0.15) is 0 Å². The summed E-state index contributed by atoms with van der Waals surface area (Å²) in [5, 5.41) is 8.87. The summed E-state index contributed by atoms with van der Waals surface area (Å²) in [5.74, 6) is -3.02. The second-order valence-corrected chi connectivity index (χ2v) is 4.55. The molecular weight excluding hydrogens is 246 g/mol. The first-order valence-corrected chi connectivity index (χ1v) is 6.20. The first kappa shape index (κ1) is 13.3. The second kappa shape index (κ2) is 5.22. The van der Waals surface area contributed by atoms with Crippen LogP contribution in [0.3, 0.4) is 0 Å². The third-order valence-electron chi connectivity index (χ3n) is 3.41. The average molecular weight is 261 g/mol. The number of benzene rings is 1. The van der Waals surface area contributed by atoms with Crippen LogP contribution in [0.25, 0.3) is 0 Å². The molecule has 1 N–H and O–H groups in total. The highest BCUT2D eigenvalue weighted by atomic mass is 16.4. The van der Waals surface area contributed by atoms with Crippen LogP contribution in [-0.2, 0) is 14.4 Å². The summed E-state index contributed by atoms with van der Waals surface area (Å²) >= 11 is 0. The molecule has 2 atom stereocenters. The van der Waals surface area contributed by atoms with Gasteiger partial charge in [0.25, 0.3) is 5.91 Å². The molecule has 1 saturated heterocycles. The monoisotopic (exact) mass is 261 g/mol. The van der Waals surface area contributed by atoms with E-state index in [0.29, 0.717) is 12.1 Å². The number of anilines is 1. The van der Waals surface area contributed by atoms with Gasteiger partial charge >= 0.3 is 5.97 Å². The van der Waals surface area contributed by atoms with Crippen molar-refractivity contribution >= 4 is 23.3 Å². The lowest BCUT2D eigenvalue weighted by Crippen LogP contribution is -2.35. The van der Waals surface area contributed by atoms with E-state index in [2.05, 4.69) is 0 Å². The molecule has 2 unspecified atom stereocenters. The minimum Gasteiger partial charge on any atom is -0.481 e. The van der Waals surface area contributed by atoms with Gasteiger partial charge < -0.3 is 10.0 Å². The fraction of sp³-hybridized carbons (Fsp3) is 0.357. The Hall–Kier alpha value is -2.17. The van der Waals surface area contributed by atoms with Crippen molar-refractivity contribution in [2.75, 3.05) is 4.90 Å². The summed E-state index contributed by atoms with van der Waals surface area (Å²) < 4.78 is 0. The lowest BCUT2D eigenvalue weighted by Gasteiger charge is -2.25. The lowest BCUT2D eigenvalue weighted by molar-refractivity contribution is -0.141. The molecule has 0 spiro atoms. The van der Waals surface area contributed by atoms with Crippen LogP contribution < -0.4 is 4.90 Å². The summed E-state index contributed by atoms with van der Waals surface area (Å²) in [5.41, 5.74) is 0.639. The minimum absolute atomic E-state index is 0.299. The molecule has 2 rings (SSSR count). The van der Waals surface area contributed by atoms with Gasteiger partial charge in [-0.05, 0) is 18.6 Å². The van der Waals surface area contributed by atoms with E-state index in [-0.39, 0.29) is 12.5 Å². The predicted molar refractivity (Wildman–Crippen MR) is 68.8 cm³/mol. The van der Waals surface area contributed by atoms with Crippen LogP contribution in [0.5, 0.6) is 0 Å². The first-order chi connectivity index (χ1) is 9.06. The minimum atomic E-state index is -1.06. The molecule has 5 heteroatoms. The summed E-state index contributed by atoms with van der Waals surface area (Å²) in [6, 6.07) is 8.50. The highest BCUT2D eigenvalue weighted by molar-refractivity contribution is 6.45. The molecule has 1 heterocycles. The molecule has 5 nitrogen and oxygen atoms in total. The van der Waals surface area contributed by atoms with Gasteiger partial charge in [-0.25, -0.2) is 0 Å². The highest BCUT2D eigenvalue weighted by Crippen LogP contribution is 2.32. The normalized spacial score (nSPS) is 22.9. The van der Waals surface area contributed by atoms with Crippen LogP contribution in [0.1, 0.15) is 19.8 Å². The molecule has 0 aromatic heterocycles. The maximum absolute atomic E-state index is 12.1. The molecule has 1 aromatic carbocycles. The zero-order valence-corrected chi connectivity index (χ0v) is 10.6. The van der Waals surface area contributed by atoms with Crippen molar-refractivity contribution in [3.8, 4) is 0 Å². The SMILES string of the molecule is CCC1C(CC(=O)O)C(=O)C(=O)N1c1ccccc1. The average Bonchev–Trinajstić information content (AvgIpc) is 2.63. The Morgan fingerprint density at radius 1 is 1.26 bits per heavy atom. The van der Waals surface area contributed by atoms with Gasteiger partial charge in [-0.2, -0.15) is 0 Å². The number of hydrogen-bond donors (Lipinski definition) is 1. The van der Waals surface area contributed by atoms with Crippen LogP contribution in [0, 0.1) is 5.92 Å². The first-order valence-electron chi connectivity index (χ1n) is 6.20. The molecule has 19 heavy (non-hydrogen) atoms. The van der Waals surface area contributed by atoms with Gasteiger partial charge in [-0.15, -0.1) is 0 Å². The molecule has 1 aliphatic rings. The molecule has 1 amide bonds. The number of amides is 1. The largest absolute Gasteiger partial charge is 0.481 e. The van der Waals surface area contributed by atoms with Crippen LogP contribution in [0.4, 0.5) is 5.69 Å². The number of aliphatic carboxylic acids is 1. The number of ketones is 1. The number of carboxylic acid groups (broad SMARTS) is 1. The van der Waals surface area contributed by atoms with Crippen molar-refractivity contribution < 1.29 is 19.5 Å². The quantitative estimate of drug-likeness (QED) is 0.833. The van der Waals surface area contributed by atoms with Crippen molar-refractivity contribution in [1.82, 2.24) is 0 Å². The number of carbonyl (C=O) groups is 3. The van der Waals surface area contributed by atoms with Crippen molar-refractivity contribution in [2.45, 2.75) is 25.8 Å². The van der Waals surface area contributed by atoms with Gasteiger partial charge in [0, 0.05) is 11.7 Å². The van der Waals surface area contributed by atoms with Gasteiger partial charge in [-0.3, -0.25) is 14.4 Å². The van der Waals surface area contributed by atoms with E-state index in [1.54, 1.807) is 24.3 Å². The Labute approximate surface area is 110 Å². The van der Waals surface area contributed by atoms with Crippen molar-refractivity contribution in [3.05, 3.63) is 30.3 Å². The third-order valence-corrected chi connectivity index (χ3v) is 3.41. The van der Waals surface area contributed by atoms with Crippen molar-refractivity contribution in [3.63, 3.8) is 0 Å². The Morgan fingerprint density at radius 2 is 1.89 bits per heavy atom. The van der Waals surface area contributed by atoms with Gasteiger partial charge in [0.2, 0.25) is 5.78 Å². The smallest absolute Gasteiger partial charge is 0.304 e. The van der Waals surface area contributed by atoms with E-state index in [1.165, 1.54) is 4.90 Å². The summed E-state index contributed by atoms with van der Waals surface area (Å²) in [7, 11) is 0. The zero-order valence-electron chi connectivity index (χ0n) is 10.6. The Bertz CT molecular complexity index is 511. The molecule has 0 saturated carbocycles.